The zero-order valence-electron chi connectivity index (χ0n) is 24.2. The summed E-state index contributed by atoms with van der Waals surface area (Å²) in [6.45, 7) is 5.69. The fraction of sp³-hybridized carbons (Fsp3) is 0.0263. The standard InChI is InChI=1S/C38H24N4O3/c1-3-4-11-29-22(2)43-38(41-29)42-32-18-15-24(36-39-30-12-7-8-13-34(30)44-36)20-27(32)28-21-25(16-19-33(28)42)37-40-31-17-14-23-9-5-6-10-26(23)35(31)45-37/h3-21H,1H2,2H3/b11-4-. The van der Waals surface area contributed by atoms with Crippen molar-refractivity contribution in [3.8, 4) is 28.9 Å². The average molecular weight is 585 g/mol. The molecule has 0 fully saturated rings. The third kappa shape index (κ3) is 3.94. The predicted molar refractivity (Wildman–Crippen MR) is 178 cm³/mol. The maximum atomic E-state index is 6.41. The molecule has 0 amide bonds. The number of rotatable bonds is 5. The fourth-order valence-electron chi connectivity index (χ4n) is 6.07. The molecule has 0 unspecified atom stereocenters. The van der Waals surface area contributed by atoms with Gasteiger partial charge in [0, 0.05) is 27.3 Å². The van der Waals surface area contributed by atoms with Gasteiger partial charge in [-0.2, -0.15) is 4.98 Å². The molecule has 0 N–H and O–H groups in total. The lowest BCUT2D eigenvalue weighted by Crippen LogP contribution is -1.94. The van der Waals surface area contributed by atoms with Gasteiger partial charge in [-0.25, -0.2) is 9.97 Å². The van der Waals surface area contributed by atoms with Gasteiger partial charge in [-0.3, -0.25) is 4.57 Å². The van der Waals surface area contributed by atoms with Crippen molar-refractivity contribution in [1.29, 1.82) is 0 Å². The van der Waals surface area contributed by atoms with Crippen molar-refractivity contribution in [2.45, 2.75) is 6.92 Å². The molecule has 9 aromatic rings. The van der Waals surface area contributed by atoms with Crippen LogP contribution in [-0.2, 0) is 0 Å². The van der Waals surface area contributed by atoms with E-state index in [9.17, 15) is 0 Å². The van der Waals surface area contributed by atoms with Gasteiger partial charge >= 0.3 is 6.01 Å². The normalized spacial score (nSPS) is 12.1. The van der Waals surface area contributed by atoms with Crippen molar-refractivity contribution in [2.75, 3.05) is 0 Å². The summed E-state index contributed by atoms with van der Waals surface area (Å²) in [4.78, 5) is 14.5. The lowest BCUT2D eigenvalue weighted by Gasteiger charge is -2.03. The van der Waals surface area contributed by atoms with Crippen molar-refractivity contribution in [1.82, 2.24) is 19.5 Å². The van der Waals surface area contributed by atoms with E-state index in [4.69, 9.17) is 28.2 Å². The van der Waals surface area contributed by atoms with Crippen molar-refractivity contribution in [3.05, 3.63) is 127 Å². The highest BCUT2D eigenvalue weighted by Gasteiger charge is 2.21. The van der Waals surface area contributed by atoms with Crippen LogP contribution >= 0.6 is 0 Å². The van der Waals surface area contributed by atoms with E-state index in [1.54, 1.807) is 6.08 Å². The van der Waals surface area contributed by atoms with Crippen LogP contribution in [0.2, 0.25) is 0 Å². The summed E-state index contributed by atoms with van der Waals surface area (Å²) in [6, 6.07) is 32.9. The van der Waals surface area contributed by atoms with E-state index in [1.807, 2.05) is 78.2 Å². The Morgan fingerprint density at radius 1 is 0.667 bits per heavy atom. The molecule has 7 nitrogen and oxygen atoms in total. The van der Waals surface area contributed by atoms with E-state index in [-0.39, 0.29) is 0 Å². The van der Waals surface area contributed by atoms with E-state index >= 15 is 0 Å². The molecule has 214 valence electrons. The number of para-hydroxylation sites is 2. The molecule has 0 bridgehead atoms. The van der Waals surface area contributed by atoms with Crippen LogP contribution in [0.15, 0.2) is 129 Å². The van der Waals surface area contributed by atoms with Gasteiger partial charge in [-0.05, 0) is 73.0 Å². The Morgan fingerprint density at radius 3 is 2.16 bits per heavy atom. The largest absolute Gasteiger partial charge is 0.436 e. The highest BCUT2D eigenvalue weighted by molar-refractivity contribution is 6.11. The Kier molecular flexibility index (Phi) is 5.43. The molecule has 0 saturated heterocycles. The van der Waals surface area contributed by atoms with Gasteiger partial charge < -0.3 is 13.3 Å². The van der Waals surface area contributed by atoms with Crippen LogP contribution in [0.3, 0.4) is 0 Å². The summed E-state index contributed by atoms with van der Waals surface area (Å²) in [5.41, 5.74) is 7.52. The number of aryl methyl sites for hydroxylation is 1. The maximum Gasteiger partial charge on any atom is 0.307 e. The maximum absolute atomic E-state index is 6.41. The molecule has 0 aliphatic heterocycles. The predicted octanol–water partition coefficient (Wildman–Crippen LogP) is 10.0. The van der Waals surface area contributed by atoms with E-state index in [0.29, 0.717) is 17.8 Å². The second-order valence-corrected chi connectivity index (χ2v) is 11.0. The minimum atomic E-state index is 0.479. The second kappa shape index (κ2) is 9.65. The monoisotopic (exact) mass is 584 g/mol. The average Bonchev–Trinajstić information content (AvgIpc) is 3.85. The third-order valence-electron chi connectivity index (χ3n) is 8.24. The van der Waals surface area contributed by atoms with E-state index < -0.39 is 0 Å². The van der Waals surface area contributed by atoms with Crippen LogP contribution in [0.25, 0.3) is 89.8 Å². The number of aromatic nitrogens is 4. The molecule has 4 aromatic heterocycles. The molecule has 0 spiro atoms. The molecule has 0 saturated carbocycles. The SMILES string of the molecule is C=C/C=C\c1nc(-n2c3ccc(-c4nc5ccccc5o4)cc3c3cc(-c4nc5ccc6ccccc6c5o4)ccc32)oc1C. The van der Waals surface area contributed by atoms with Gasteiger partial charge in [0.2, 0.25) is 11.8 Å². The summed E-state index contributed by atoms with van der Waals surface area (Å²) in [7, 11) is 0. The van der Waals surface area contributed by atoms with Gasteiger partial charge in [0.1, 0.15) is 22.5 Å². The molecule has 7 heteroatoms. The number of fused-ring (bicyclic) bond motifs is 7. The zero-order valence-corrected chi connectivity index (χ0v) is 24.2. The number of oxazole rings is 3. The van der Waals surface area contributed by atoms with E-state index in [0.717, 1.165) is 77.4 Å². The molecular weight excluding hydrogens is 560 g/mol. The van der Waals surface area contributed by atoms with Gasteiger partial charge in [-0.1, -0.05) is 61.2 Å². The molecule has 45 heavy (non-hydrogen) atoms. The molecule has 0 atom stereocenters. The molecule has 0 radical (unpaired) electrons. The number of nitrogens with zero attached hydrogens (tertiary/aromatic N) is 4. The Hall–Kier alpha value is -6.21. The molecule has 9 rings (SSSR count). The van der Waals surface area contributed by atoms with Gasteiger partial charge in [-0.15, -0.1) is 0 Å². The van der Waals surface area contributed by atoms with Crippen LogP contribution < -0.4 is 0 Å². The Bertz CT molecular complexity index is 2610. The summed E-state index contributed by atoms with van der Waals surface area (Å²) in [6.07, 6.45) is 5.46. The van der Waals surface area contributed by atoms with Crippen LogP contribution in [0, 0.1) is 6.92 Å². The summed E-state index contributed by atoms with van der Waals surface area (Å²) in [5, 5.41) is 4.13. The lowest BCUT2D eigenvalue weighted by molar-refractivity contribution is 0.508. The minimum absolute atomic E-state index is 0.479. The van der Waals surface area contributed by atoms with Crippen molar-refractivity contribution in [2.24, 2.45) is 0 Å². The fourth-order valence-corrected chi connectivity index (χ4v) is 6.07. The highest BCUT2D eigenvalue weighted by Crippen LogP contribution is 2.38. The third-order valence-corrected chi connectivity index (χ3v) is 8.24. The number of hydrogen-bond donors (Lipinski definition) is 0. The first kappa shape index (κ1) is 25.3. The quantitative estimate of drug-likeness (QED) is 0.187. The zero-order chi connectivity index (χ0) is 30.1. The smallest absolute Gasteiger partial charge is 0.307 e. The van der Waals surface area contributed by atoms with Crippen LogP contribution in [0.4, 0.5) is 0 Å². The summed E-state index contributed by atoms with van der Waals surface area (Å²) in [5.74, 6) is 1.84. The summed E-state index contributed by atoms with van der Waals surface area (Å²) >= 11 is 0. The first-order chi connectivity index (χ1) is 22.1. The van der Waals surface area contributed by atoms with Crippen molar-refractivity contribution < 1.29 is 13.3 Å². The van der Waals surface area contributed by atoms with Crippen LogP contribution in [0.1, 0.15) is 11.5 Å². The molecule has 0 aliphatic carbocycles. The van der Waals surface area contributed by atoms with Gasteiger partial charge in [0.25, 0.3) is 0 Å². The first-order valence-corrected chi connectivity index (χ1v) is 14.6. The van der Waals surface area contributed by atoms with Gasteiger partial charge in [0.05, 0.1) is 11.0 Å². The molecular formula is C38H24N4O3. The molecule has 0 aliphatic rings. The van der Waals surface area contributed by atoms with E-state index in [2.05, 4.69) is 49.0 Å². The number of benzene rings is 5. The van der Waals surface area contributed by atoms with E-state index in [1.165, 1.54) is 0 Å². The topological polar surface area (TPSA) is 83.0 Å². The Morgan fingerprint density at radius 2 is 1.38 bits per heavy atom. The lowest BCUT2D eigenvalue weighted by atomic mass is 10.1. The second-order valence-electron chi connectivity index (χ2n) is 11.0. The Balaban J connectivity index is 1.28. The number of allylic oxidation sites excluding steroid dienone is 2. The van der Waals surface area contributed by atoms with Gasteiger partial charge in [0.15, 0.2) is 11.2 Å². The molecule has 5 aromatic carbocycles. The van der Waals surface area contributed by atoms with Crippen LogP contribution in [-0.4, -0.2) is 19.5 Å². The van der Waals surface area contributed by atoms with Crippen molar-refractivity contribution in [3.63, 3.8) is 0 Å². The molecule has 4 heterocycles. The summed E-state index contributed by atoms with van der Waals surface area (Å²) < 4.78 is 20.8. The van der Waals surface area contributed by atoms with Crippen molar-refractivity contribution >= 4 is 60.9 Å². The minimum Gasteiger partial charge on any atom is -0.436 e. The Labute approximate surface area is 256 Å². The first-order valence-electron chi connectivity index (χ1n) is 14.6. The number of hydrogen-bond acceptors (Lipinski definition) is 6. The van der Waals surface area contributed by atoms with Crippen LogP contribution in [0.5, 0.6) is 0 Å². The highest BCUT2D eigenvalue weighted by atomic mass is 16.4.